The number of carbonyl (C=O) groups excluding carboxylic acids is 1. The number of hydrogen-bond donors (Lipinski definition) is 2. The van der Waals surface area contributed by atoms with Crippen LogP contribution in [0.4, 0.5) is 23.4 Å². The van der Waals surface area contributed by atoms with E-state index in [2.05, 4.69) is 25.0 Å². The van der Waals surface area contributed by atoms with E-state index < -0.39 is 47.7 Å². The molecule has 154 valence electrons. The predicted octanol–water partition coefficient (Wildman–Crippen LogP) is 3.40. The Balaban J connectivity index is 1.91. The number of anilines is 1. The van der Waals surface area contributed by atoms with E-state index >= 15 is 0 Å². The number of rotatable bonds is 3. The average molecular weight is 432 g/mol. The van der Waals surface area contributed by atoms with E-state index in [0.717, 1.165) is 12.1 Å². The second kappa shape index (κ2) is 7.47. The van der Waals surface area contributed by atoms with Gasteiger partial charge in [-0.25, -0.2) is 19.4 Å². The minimum absolute atomic E-state index is 0.0127. The number of nitrogens with zero attached hydrogens (tertiary/aromatic N) is 3. The monoisotopic (exact) mass is 431 g/mol. The van der Waals surface area contributed by atoms with Gasteiger partial charge in [-0.05, 0) is 31.2 Å². The maximum atomic E-state index is 14.4. The Kier molecular flexibility index (Phi) is 5.35. The molecule has 2 aromatic heterocycles. The first-order valence-corrected chi connectivity index (χ1v) is 8.54. The van der Waals surface area contributed by atoms with Crippen molar-refractivity contribution in [3.05, 3.63) is 52.7 Å². The van der Waals surface area contributed by atoms with Gasteiger partial charge in [-0.3, -0.25) is 4.79 Å². The Morgan fingerprint density at radius 1 is 1.34 bits per heavy atom. The number of ether oxygens (including phenoxy) is 1. The molecule has 2 atom stereocenters. The molecule has 0 unspecified atom stereocenters. The highest BCUT2D eigenvalue weighted by Gasteiger charge is 2.50. The molecule has 2 aromatic rings. The van der Waals surface area contributed by atoms with Crippen LogP contribution in [0.1, 0.15) is 29.5 Å². The van der Waals surface area contributed by atoms with E-state index in [-0.39, 0.29) is 11.5 Å². The molecule has 7 nitrogen and oxygen atoms in total. The molecule has 0 radical (unpaired) electrons. The molecule has 29 heavy (non-hydrogen) atoms. The molecule has 3 rings (SSSR count). The minimum atomic E-state index is -4.73. The van der Waals surface area contributed by atoms with Gasteiger partial charge in [0.1, 0.15) is 28.6 Å². The number of amides is 1. The second-order valence-corrected chi connectivity index (χ2v) is 6.86. The molecular formula is C17H14ClF4N5O2. The average Bonchev–Trinajstić information content (AvgIpc) is 2.62. The zero-order valence-electron chi connectivity index (χ0n) is 14.8. The fourth-order valence-corrected chi connectivity index (χ4v) is 2.89. The number of alkyl halides is 3. The van der Waals surface area contributed by atoms with Crippen LogP contribution in [-0.2, 0) is 10.3 Å². The summed E-state index contributed by atoms with van der Waals surface area (Å²) in [5, 5.41) is 2.72. The van der Waals surface area contributed by atoms with E-state index in [0.29, 0.717) is 5.02 Å². The lowest BCUT2D eigenvalue weighted by atomic mass is 9.89. The Hall–Kier alpha value is -2.95. The summed E-state index contributed by atoms with van der Waals surface area (Å²) < 4.78 is 58.3. The van der Waals surface area contributed by atoms with Crippen molar-refractivity contribution < 1.29 is 27.1 Å². The van der Waals surface area contributed by atoms with E-state index in [1.54, 1.807) is 0 Å². The maximum Gasteiger partial charge on any atom is 0.425 e. The van der Waals surface area contributed by atoms with Gasteiger partial charge in [-0.15, -0.1) is 0 Å². The van der Waals surface area contributed by atoms with Gasteiger partial charge in [0.25, 0.3) is 11.9 Å². The highest BCUT2D eigenvalue weighted by molar-refractivity contribution is 6.30. The first-order chi connectivity index (χ1) is 13.5. The third kappa shape index (κ3) is 4.56. The largest absolute Gasteiger partial charge is 0.452 e. The summed E-state index contributed by atoms with van der Waals surface area (Å²) in [5.74, 6) is -1.68. The molecule has 0 saturated heterocycles. The SMILES string of the molecule is C[C@]1(c2nc(NC(=O)c3ccc(Cl)cn3)ccc2F)C[C@@H](C(F)(F)F)OC(N)=N1. The Morgan fingerprint density at radius 3 is 2.69 bits per heavy atom. The van der Waals surface area contributed by atoms with Crippen LogP contribution >= 0.6 is 11.6 Å². The normalized spacial score (nSPS) is 21.9. The summed E-state index contributed by atoms with van der Waals surface area (Å²) in [4.78, 5) is 23.9. The lowest BCUT2D eigenvalue weighted by molar-refractivity contribution is -0.208. The van der Waals surface area contributed by atoms with Gasteiger partial charge in [0.15, 0.2) is 6.10 Å². The van der Waals surface area contributed by atoms with Gasteiger partial charge in [-0.1, -0.05) is 11.6 Å². The molecule has 1 aliphatic rings. The quantitative estimate of drug-likeness (QED) is 0.725. The van der Waals surface area contributed by atoms with Crippen molar-refractivity contribution in [3.63, 3.8) is 0 Å². The van der Waals surface area contributed by atoms with Crippen LogP contribution in [0.2, 0.25) is 5.02 Å². The van der Waals surface area contributed by atoms with Crippen molar-refractivity contribution in [1.82, 2.24) is 9.97 Å². The number of hydrogen-bond acceptors (Lipinski definition) is 6. The smallest absolute Gasteiger partial charge is 0.425 e. The Morgan fingerprint density at radius 2 is 2.07 bits per heavy atom. The van der Waals surface area contributed by atoms with Gasteiger partial charge in [0.2, 0.25) is 0 Å². The zero-order chi connectivity index (χ0) is 21.4. The minimum Gasteiger partial charge on any atom is -0.452 e. The van der Waals surface area contributed by atoms with Crippen LogP contribution in [0.15, 0.2) is 35.5 Å². The summed E-state index contributed by atoms with van der Waals surface area (Å²) in [6.45, 7) is 1.25. The molecule has 0 aliphatic carbocycles. The van der Waals surface area contributed by atoms with Crippen LogP contribution in [-0.4, -0.2) is 34.2 Å². The molecule has 0 aromatic carbocycles. The number of amidine groups is 1. The van der Waals surface area contributed by atoms with Crippen molar-refractivity contribution in [2.75, 3.05) is 5.32 Å². The standard InChI is InChI=1S/C17H14ClF4N5O2/c1-16(6-11(17(20,21)22)29-15(23)27-16)13-9(19)3-5-12(25-13)26-14(28)10-4-2-8(18)7-24-10/h2-5,7,11H,6H2,1H3,(H2,23,27)(H,25,26,28)/t11-,16+/m0/s1. The van der Waals surface area contributed by atoms with Gasteiger partial charge >= 0.3 is 6.18 Å². The van der Waals surface area contributed by atoms with Gasteiger partial charge < -0.3 is 15.8 Å². The van der Waals surface area contributed by atoms with Crippen LogP contribution in [0.25, 0.3) is 0 Å². The third-order valence-electron chi connectivity index (χ3n) is 4.13. The second-order valence-electron chi connectivity index (χ2n) is 6.42. The summed E-state index contributed by atoms with van der Waals surface area (Å²) in [5.41, 5.74) is 3.22. The van der Waals surface area contributed by atoms with Gasteiger partial charge in [0, 0.05) is 12.6 Å². The van der Waals surface area contributed by atoms with Crippen LogP contribution < -0.4 is 11.1 Å². The first-order valence-electron chi connectivity index (χ1n) is 8.16. The molecule has 3 N–H and O–H groups in total. The van der Waals surface area contributed by atoms with Crippen molar-refractivity contribution in [2.24, 2.45) is 10.7 Å². The molecule has 0 saturated carbocycles. The van der Waals surface area contributed by atoms with E-state index in [4.69, 9.17) is 17.3 Å². The number of aromatic nitrogens is 2. The van der Waals surface area contributed by atoms with Crippen molar-refractivity contribution in [2.45, 2.75) is 31.2 Å². The fourth-order valence-electron chi connectivity index (χ4n) is 2.78. The number of nitrogens with one attached hydrogen (secondary N) is 1. The predicted molar refractivity (Wildman–Crippen MR) is 95.9 cm³/mol. The molecule has 1 aliphatic heterocycles. The van der Waals surface area contributed by atoms with E-state index in [1.807, 2.05) is 0 Å². The van der Waals surface area contributed by atoms with Crippen LogP contribution in [0.3, 0.4) is 0 Å². The topological polar surface area (TPSA) is 102 Å². The van der Waals surface area contributed by atoms with Crippen molar-refractivity contribution in [3.8, 4) is 0 Å². The molecular weight excluding hydrogens is 418 g/mol. The van der Waals surface area contributed by atoms with Crippen LogP contribution in [0, 0.1) is 5.82 Å². The maximum absolute atomic E-state index is 14.4. The van der Waals surface area contributed by atoms with Crippen LogP contribution in [0.5, 0.6) is 0 Å². The number of carbonyl (C=O) groups is 1. The fraction of sp³-hybridized carbons (Fsp3) is 0.294. The highest BCUT2D eigenvalue weighted by Crippen LogP contribution is 2.40. The summed E-state index contributed by atoms with van der Waals surface area (Å²) in [6, 6.07) is 4.19. The first kappa shape index (κ1) is 20.8. The number of halogens is 5. The summed E-state index contributed by atoms with van der Waals surface area (Å²) in [6.07, 6.45) is -6.48. The Bertz CT molecular complexity index is 967. The third-order valence-corrected chi connectivity index (χ3v) is 4.35. The van der Waals surface area contributed by atoms with Crippen molar-refractivity contribution in [1.29, 1.82) is 0 Å². The molecule has 3 heterocycles. The van der Waals surface area contributed by atoms with E-state index in [1.165, 1.54) is 25.3 Å². The van der Waals surface area contributed by atoms with Gasteiger partial charge in [0.05, 0.1) is 5.02 Å². The summed E-state index contributed by atoms with van der Waals surface area (Å²) in [7, 11) is 0. The molecule has 0 bridgehead atoms. The number of nitrogens with two attached hydrogens (primary N) is 1. The van der Waals surface area contributed by atoms with Crippen molar-refractivity contribution >= 4 is 29.3 Å². The Labute approximate surface area is 167 Å². The molecule has 0 spiro atoms. The number of pyridine rings is 2. The zero-order valence-corrected chi connectivity index (χ0v) is 15.6. The van der Waals surface area contributed by atoms with Gasteiger partial charge in [-0.2, -0.15) is 13.2 Å². The highest BCUT2D eigenvalue weighted by atomic mass is 35.5. The summed E-state index contributed by atoms with van der Waals surface area (Å²) >= 11 is 5.71. The molecule has 12 heteroatoms. The lowest BCUT2D eigenvalue weighted by Crippen LogP contribution is -2.46. The lowest BCUT2D eigenvalue weighted by Gasteiger charge is -2.35. The number of aliphatic imine (C=N–C) groups is 1. The molecule has 0 fully saturated rings. The molecule has 1 amide bonds. The van der Waals surface area contributed by atoms with E-state index in [9.17, 15) is 22.4 Å².